The third kappa shape index (κ3) is 4.52. The summed E-state index contributed by atoms with van der Waals surface area (Å²) in [5.74, 6) is 0.491. The minimum Gasteiger partial charge on any atom is -0.394 e. The molecule has 1 aliphatic rings. The zero-order valence-corrected chi connectivity index (χ0v) is 12.5. The fourth-order valence-electron chi connectivity index (χ4n) is 2.14. The van der Waals surface area contributed by atoms with E-state index < -0.39 is 0 Å². The van der Waals surface area contributed by atoms with Crippen LogP contribution in [0.15, 0.2) is 10.6 Å². The first-order valence-electron chi connectivity index (χ1n) is 7.27. The van der Waals surface area contributed by atoms with Crippen LogP contribution in [-0.4, -0.2) is 60.0 Å². The van der Waals surface area contributed by atoms with Crippen molar-refractivity contribution in [3.8, 4) is 0 Å². The molecule has 0 radical (unpaired) electrons. The molecule has 2 rings (SSSR count). The van der Waals surface area contributed by atoms with Gasteiger partial charge in [-0.05, 0) is 5.92 Å². The van der Waals surface area contributed by atoms with Crippen molar-refractivity contribution in [3.63, 3.8) is 0 Å². The van der Waals surface area contributed by atoms with Gasteiger partial charge in [-0.1, -0.05) is 19.0 Å². The maximum absolute atomic E-state index is 12.0. The van der Waals surface area contributed by atoms with Crippen LogP contribution in [0.3, 0.4) is 0 Å². The predicted molar refractivity (Wildman–Crippen MR) is 75.8 cm³/mol. The van der Waals surface area contributed by atoms with Crippen LogP contribution in [0.4, 0.5) is 0 Å². The zero-order chi connectivity index (χ0) is 15.2. The molecule has 118 valence electrons. The Kier molecular flexibility index (Phi) is 5.72. The van der Waals surface area contributed by atoms with Crippen molar-refractivity contribution in [2.45, 2.75) is 26.4 Å². The van der Waals surface area contributed by atoms with Crippen LogP contribution in [0.25, 0.3) is 0 Å². The van der Waals surface area contributed by atoms with Crippen molar-refractivity contribution in [3.05, 3.63) is 17.5 Å². The third-order valence-corrected chi connectivity index (χ3v) is 3.59. The van der Waals surface area contributed by atoms with Gasteiger partial charge in [-0.25, -0.2) is 0 Å². The summed E-state index contributed by atoms with van der Waals surface area (Å²) in [5, 5.41) is 15.8. The number of nitrogens with one attached hydrogen (secondary N) is 1. The maximum Gasteiger partial charge on any atom is 0.273 e. The lowest BCUT2D eigenvalue weighted by Gasteiger charge is -2.25. The summed E-state index contributed by atoms with van der Waals surface area (Å²) in [6, 6.07) is 1.37. The number of rotatable bonds is 6. The van der Waals surface area contributed by atoms with Crippen molar-refractivity contribution >= 4 is 5.91 Å². The fourth-order valence-corrected chi connectivity index (χ4v) is 2.14. The minimum absolute atomic E-state index is 0.0953. The Morgan fingerprint density at radius 2 is 2.19 bits per heavy atom. The number of carbonyl (C=O) groups excluding carboxylic acids is 1. The highest BCUT2D eigenvalue weighted by Gasteiger charge is 2.20. The molecule has 1 atom stereocenters. The highest BCUT2D eigenvalue weighted by Crippen LogP contribution is 2.10. The molecule has 1 fully saturated rings. The maximum atomic E-state index is 12.0. The molecule has 1 aromatic heterocycles. The van der Waals surface area contributed by atoms with Gasteiger partial charge >= 0.3 is 0 Å². The van der Waals surface area contributed by atoms with Gasteiger partial charge in [-0.3, -0.25) is 9.69 Å². The molecule has 0 bridgehead atoms. The Morgan fingerprint density at radius 1 is 1.48 bits per heavy atom. The van der Waals surface area contributed by atoms with Crippen LogP contribution in [0.1, 0.15) is 30.1 Å². The van der Waals surface area contributed by atoms with E-state index in [-0.39, 0.29) is 30.2 Å². The summed E-state index contributed by atoms with van der Waals surface area (Å²) in [5.41, 5.74) is 0.248. The SMILES string of the molecule is CC(C)C(CO)NC(=O)c1cc(CN2CCOCC2)on1. The van der Waals surface area contributed by atoms with E-state index in [9.17, 15) is 9.90 Å². The lowest BCUT2D eigenvalue weighted by molar-refractivity contribution is 0.0305. The van der Waals surface area contributed by atoms with Crippen molar-refractivity contribution in [2.75, 3.05) is 32.9 Å². The number of nitrogens with zero attached hydrogens (tertiary/aromatic N) is 2. The molecule has 0 spiro atoms. The van der Waals surface area contributed by atoms with Crippen LogP contribution in [0.5, 0.6) is 0 Å². The number of ether oxygens (including phenoxy) is 1. The van der Waals surface area contributed by atoms with E-state index in [2.05, 4.69) is 15.4 Å². The number of aromatic nitrogens is 1. The number of hydrogen-bond acceptors (Lipinski definition) is 6. The number of carbonyl (C=O) groups is 1. The van der Waals surface area contributed by atoms with Gasteiger partial charge < -0.3 is 19.7 Å². The van der Waals surface area contributed by atoms with Crippen molar-refractivity contribution in [1.29, 1.82) is 0 Å². The number of amides is 1. The molecule has 0 saturated carbocycles. The Labute approximate surface area is 124 Å². The van der Waals surface area contributed by atoms with E-state index in [0.29, 0.717) is 25.5 Å². The monoisotopic (exact) mass is 297 g/mol. The quantitative estimate of drug-likeness (QED) is 0.783. The highest BCUT2D eigenvalue weighted by atomic mass is 16.5. The van der Waals surface area contributed by atoms with E-state index in [4.69, 9.17) is 9.26 Å². The molecule has 1 saturated heterocycles. The van der Waals surface area contributed by atoms with Crippen LogP contribution >= 0.6 is 0 Å². The number of aliphatic hydroxyl groups is 1. The van der Waals surface area contributed by atoms with E-state index in [0.717, 1.165) is 13.1 Å². The van der Waals surface area contributed by atoms with Gasteiger partial charge in [0.1, 0.15) is 0 Å². The topological polar surface area (TPSA) is 87.8 Å². The smallest absolute Gasteiger partial charge is 0.273 e. The van der Waals surface area contributed by atoms with E-state index >= 15 is 0 Å². The summed E-state index contributed by atoms with van der Waals surface area (Å²) in [4.78, 5) is 14.2. The summed E-state index contributed by atoms with van der Waals surface area (Å²) in [7, 11) is 0. The summed E-state index contributed by atoms with van der Waals surface area (Å²) >= 11 is 0. The molecule has 1 aromatic rings. The second kappa shape index (κ2) is 7.53. The molecule has 1 amide bonds. The summed E-state index contributed by atoms with van der Waals surface area (Å²) in [6.45, 7) is 7.53. The van der Waals surface area contributed by atoms with E-state index in [1.54, 1.807) is 6.07 Å². The highest BCUT2D eigenvalue weighted by molar-refractivity contribution is 5.92. The lowest BCUT2D eigenvalue weighted by atomic mass is 10.1. The largest absolute Gasteiger partial charge is 0.394 e. The molecule has 7 heteroatoms. The Bertz CT molecular complexity index is 455. The molecule has 0 aromatic carbocycles. The second-order valence-electron chi connectivity index (χ2n) is 5.57. The summed E-state index contributed by atoms with van der Waals surface area (Å²) < 4.78 is 10.5. The molecule has 1 unspecified atom stereocenters. The average molecular weight is 297 g/mol. The van der Waals surface area contributed by atoms with Gasteiger partial charge in [0, 0.05) is 19.2 Å². The van der Waals surface area contributed by atoms with Crippen molar-refractivity contribution in [2.24, 2.45) is 5.92 Å². The van der Waals surface area contributed by atoms with Gasteiger partial charge in [0.2, 0.25) is 0 Å². The van der Waals surface area contributed by atoms with E-state index in [1.807, 2.05) is 13.8 Å². The summed E-state index contributed by atoms with van der Waals surface area (Å²) in [6.07, 6.45) is 0. The lowest BCUT2D eigenvalue weighted by Crippen LogP contribution is -2.41. The van der Waals surface area contributed by atoms with Gasteiger partial charge in [-0.2, -0.15) is 0 Å². The van der Waals surface area contributed by atoms with Crippen molar-refractivity contribution < 1.29 is 19.2 Å². The van der Waals surface area contributed by atoms with Gasteiger partial charge in [-0.15, -0.1) is 0 Å². The van der Waals surface area contributed by atoms with Gasteiger partial charge in [0.25, 0.3) is 5.91 Å². The van der Waals surface area contributed by atoms with Crippen LogP contribution in [-0.2, 0) is 11.3 Å². The van der Waals surface area contributed by atoms with Crippen molar-refractivity contribution in [1.82, 2.24) is 15.4 Å². The Hall–Kier alpha value is -1.44. The molecule has 1 aliphatic heterocycles. The first-order valence-corrected chi connectivity index (χ1v) is 7.27. The average Bonchev–Trinajstić information content (AvgIpc) is 2.94. The number of hydrogen-bond donors (Lipinski definition) is 2. The Balaban J connectivity index is 1.90. The van der Waals surface area contributed by atoms with E-state index in [1.165, 1.54) is 0 Å². The molecule has 0 aliphatic carbocycles. The van der Waals surface area contributed by atoms with Crippen LogP contribution < -0.4 is 5.32 Å². The predicted octanol–water partition coefficient (Wildman–Crippen LogP) is 0.254. The number of aliphatic hydroxyl groups excluding tert-OH is 1. The van der Waals surface area contributed by atoms with Crippen LogP contribution in [0, 0.1) is 5.92 Å². The molecule has 7 nitrogen and oxygen atoms in total. The molecule has 2 heterocycles. The van der Waals surface area contributed by atoms with Gasteiger partial charge in [0.15, 0.2) is 11.5 Å². The first-order chi connectivity index (χ1) is 10.1. The Morgan fingerprint density at radius 3 is 2.81 bits per heavy atom. The molecule has 21 heavy (non-hydrogen) atoms. The normalized spacial score (nSPS) is 17.9. The second-order valence-corrected chi connectivity index (χ2v) is 5.57. The number of morpholine rings is 1. The minimum atomic E-state index is -0.320. The fraction of sp³-hybridized carbons (Fsp3) is 0.714. The molecular weight excluding hydrogens is 274 g/mol. The van der Waals surface area contributed by atoms with Gasteiger partial charge in [0.05, 0.1) is 32.4 Å². The third-order valence-electron chi connectivity index (χ3n) is 3.59. The zero-order valence-electron chi connectivity index (χ0n) is 12.5. The first kappa shape index (κ1) is 15.9. The molecular formula is C14H23N3O4. The van der Waals surface area contributed by atoms with Crippen LogP contribution in [0.2, 0.25) is 0 Å². The standard InChI is InChI=1S/C14H23N3O4/c1-10(2)13(9-18)15-14(19)12-7-11(21-16-12)8-17-3-5-20-6-4-17/h7,10,13,18H,3-6,8-9H2,1-2H3,(H,15,19). The molecule has 2 N–H and O–H groups in total.